The van der Waals surface area contributed by atoms with Gasteiger partial charge in [0.15, 0.2) is 11.6 Å². The highest BCUT2D eigenvalue weighted by atomic mass is 16.5. The minimum Gasteiger partial charge on any atom is -0.466 e. The normalized spacial score (nSPS) is 10.4. The molecule has 2 heterocycles. The number of carbonyl (C=O) groups excluding carboxylic acids is 1. The number of rotatable bonds is 5. The molecule has 2 aromatic rings. The monoisotopic (exact) mass is 260 g/mol. The van der Waals surface area contributed by atoms with Crippen LogP contribution in [-0.2, 0) is 23.0 Å². The molecule has 0 radical (unpaired) electrons. The third-order valence-corrected chi connectivity index (χ3v) is 2.60. The molecule has 2 rings (SSSR count). The average molecular weight is 260 g/mol. The molecule has 0 aliphatic rings. The average Bonchev–Trinajstić information content (AvgIpc) is 2.79. The van der Waals surface area contributed by atoms with E-state index in [2.05, 4.69) is 15.1 Å². The lowest BCUT2D eigenvalue weighted by Crippen LogP contribution is -2.06. The zero-order chi connectivity index (χ0) is 13.7. The van der Waals surface area contributed by atoms with Gasteiger partial charge in [-0.15, -0.1) is 0 Å². The van der Waals surface area contributed by atoms with Crippen LogP contribution in [0.5, 0.6) is 0 Å². The molecule has 0 bridgehead atoms. The number of hydrogen-bond donors (Lipinski definition) is 0. The first-order valence-electron chi connectivity index (χ1n) is 6.16. The quantitative estimate of drug-likeness (QED) is 0.759. The smallest absolute Gasteiger partial charge is 0.306 e. The van der Waals surface area contributed by atoms with E-state index in [0.717, 1.165) is 11.4 Å². The van der Waals surface area contributed by atoms with E-state index in [1.54, 1.807) is 24.0 Å². The number of nitrogens with zero attached hydrogens (tertiary/aromatic N) is 4. The van der Waals surface area contributed by atoms with Gasteiger partial charge in [0.25, 0.3) is 0 Å². The van der Waals surface area contributed by atoms with Crippen LogP contribution in [-0.4, -0.2) is 32.3 Å². The largest absolute Gasteiger partial charge is 0.466 e. The van der Waals surface area contributed by atoms with Crippen molar-refractivity contribution in [1.82, 2.24) is 19.7 Å². The van der Waals surface area contributed by atoms with Crippen LogP contribution in [0.1, 0.15) is 19.2 Å². The second-order valence-corrected chi connectivity index (χ2v) is 4.02. The lowest BCUT2D eigenvalue weighted by atomic mass is 10.2. The summed E-state index contributed by atoms with van der Waals surface area (Å²) in [6.07, 6.45) is 4.20. The SMILES string of the molecule is CCOC(=O)CCc1nc(-c2ccncc2)n(C)n1. The number of pyridine rings is 1. The first-order valence-corrected chi connectivity index (χ1v) is 6.16. The Morgan fingerprint density at radius 1 is 1.37 bits per heavy atom. The van der Waals surface area contributed by atoms with Crippen LogP contribution in [0.4, 0.5) is 0 Å². The summed E-state index contributed by atoms with van der Waals surface area (Å²) >= 11 is 0. The van der Waals surface area contributed by atoms with E-state index in [1.165, 1.54) is 0 Å². The molecule has 0 fully saturated rings. The van der Waals surface area contributed by atoms with Crippen LogP contribution < -0.4 is 0 Å². The summed E-state index contributed by atoms with van der Waals surface area (Å²) in [4.78, 5) is 19.7. The number of esters is 1. The Morgan fingerprint density at radius 2 is 2.11 bits per heavy atom. The standard InChI is InChI=1S/C13H16N4O2/c1-3-19-12(18)5-4-11-15-13(17(2)16-11)10-6-8-14-9-7-10/h6-9H,3-5H2,1-2H3. The summed E-state index contributed by atoms with van der Waals surface area (Å²) in [5.74, 6) is 1.18. The topological polar surface area (TPSA) is 69.9 Å². The van der Waals surface area contributed by atoms with Crippen molar-refractivity contribution in [1.29, 1.82) is 0 Å². The number of ether oxygens (including phenoxy) is 1. The summed E-state index contributed by atoms with van der Waals surface area (Å²) in [7, 11) is 1.83. The van der Waals surface area contributed by atoms with Crippen molar-refractivity contribution in [3.05, 3.63) is 30.4 Å². The van der Waals surface area contributed by atoms with Crippen molar-refractivity contribution < 1.29 is 9.53 Å². The van der Waals surface area contributed by atoms with Gasteiger partial charge in [-0.25, -0.2) is 9.67 Å². The lowest BCUT2D eigenvalue weighted by Gasteiger charge is -1.98. The van der Waals surface area contributed by atoms with Crippen molar-refractivity contribution in [2.75, 3.05) is 6.61 Å². The van der Waals surface area contributed by atoms with E-state index in [0.29, 0.717) is 25.3 Å². The summed E-state index contributed by atoms with van der Waals surface area (Å²) in [6, 6.07) is 3.75. The zero-order valence-corrected chi connectivity index (χ0v) is 11.0. The van der Waals surface area contributed by atoms with Crippen LogP contribution in [0, 0.1) is 0 Å². The van der Waals surface area contributed by atoms with Crippen molar-refractivity contribution >= 4 is 5.97 Å². The fraction of sp³-hybridized carbons (Fsp3) is 0.385. The minimum absolute atomic E-state index is 0.222. The Hall–Kier alpha value is -2.24. The first kappa shape index (κ1) is 13.2. The number of aryl methyl sites for hydroxylation is 2. The maximum absolute atomic E-state index is 11.3. The maximum Gasteiger partial charge on any atom is 0.306 e. The third kappa shape index (κ3) is 3.37. The summed E-state index contributed by atoms with van der Waals surface area (Å²) in [5.41, 5.74) is 0.951. The van der Waals surface area contributed by atoms with Gasteiger partial charge < -0.3 is 4.74 Å². The molecule has 100 valence electrons. The lowest BCUT2D eigenvalue weighted by molar-refractivity contribution is -0.143. The molecular formula is C13H16N4O2. The molecule has 0 aliphatic carbocycles. The fourth-order valence-electron chi connectivity index (χ4n) is 1.74. The van der Waals surface area contributed by atoms with Crippen molar-refractivity contribution in [2.24, 2.45) is 7.05 Å². The van der Waals surface area contributed by atoms with E-state index < -0.39 is 0 Å². The van der Waals surface area contributed by atoms with Crippen LogP contribution in [0.2, 0.25) is 0 Å². The summed E-state index contributed by atoms with van der Waals surface area (Å²) in [6.45, 7) is 2.19. The third-order valence-electron chi connectivity index (χ3n) is 2.60. The highest BCUT2D eigenvalue weighted by Crippen LogP contribution is 2.15. The molecule has 6 heteroatoms. The molecule has 0 unspecified atom stereocenters. The van der Waals surface area contributed by atoms with E-state index in [1.807, 2.05) is 19.2 Å². The van der Waals surface area contributed by atoms with E-state index >= 15 is 0 Å². The molecule has 19 heavy (non-hydrogen) atoms. The molecule has 0 spiro atoms. The highest BCUT2D eigenvalue weighted by Gasteiger charge is 2.11. The number of hydrogen-bond acceptors (Lipinski definition) is 5. The van der Waals surface area contributed by atoms with Crippen molar-refractivity contribution in [3.8, 4) is 11.4 Å². The van der Waals surface area contributed by atoms with Gasteiger partial charge in [0.05, 0.1) is 13.0 Å². The molecule has 0 aromatic carbocycles. The second kappa shape index (κ2) is 6.08. The Balaban J connectivity index is 2.07. The Kier molecular flexibility index (Phi) is 4.22. The van der Waals surface area contributed by atoms with Gasteiger partial charge in [-0.2, -0.15) is 5.10 Å². The summed E-state index contributed by atoms with van der Waals surface area (Å²) in [5, 5.41) is 4.30. The van der Waals surface area contributed by atoms with E-state index in [9.17, 15) is 4.79 Å². The fourth-order valence-corrected chi connectivity index (χ4v) is 1.74. The Labute approximate surface area is 111 Å². The number of carbonyl (C=O) groups is 1. The molecule has 0 saturated heterocycles. The minimum atomic E-state index is -0.222. The molecule has 0 N–H and O–H groups in total. The van der Waals surface area contributed by atoms with Crippen LogP contribution >= 0.6 is 0 Å². The molecule has 0 aliphatic heterocycles. The van der Waals surface area contributed by atoms with Gasteiger partial charge in [-0.1, -0.05) is 0 Å². The van der Waals surface area contributed by atoms with Gasteiger partial charge in [0.1, 0.15) is 0 Å². The molecule has 0 saturated carbocycles. The van der Waals surface area contributed by atoms with Gasteiger partial charge in [-0.3, -0.25) is 9.78 Å². The van der Waals surface area contributed by atoms with Gasteiger partial charge in [0, 0.05) is 31.4 Å². The van der Waals surface area contributed by atoms with Crippen LogP contribution in [0.25, 0.3) is 11.4 Å². The van der Waals surface area contributed by atoms with Gasteiger partial charge in [-0.05, 0) is 19.1 Å². The second-order valence-electron chi connectivity index (χ2n) is 4.02. The molecular weight excluding hydrogens is 244 g/mol. The zero-order valence-electron chi connectivity index (χ0n) is 11.0. The Bertz CT molecular complexity index is 551. The predicted molar refractivity (Wildman–Crippen MR) is 69.2 cm³/mol. The molecule has 0 amide bonds. The van der Waals surface area contributed by atoms with E-state index in [4.69, 9.17) is 4.74 Å². The predicted octanol–water partition coefficient (Wildman–Crippen LogP) is 1.37. The maximum atomic E-state index is 11.3. The molecule has 6 nitrogen and oxygen atoms in total. The number of aromatic nitrogens is 4. The first-order chi connectivity index (χ1) is 9.20. The molecule has 2 aromatic heterocycles. The van der Waals surface area contributed by atoms with Gasteiger partial charge >= 0.3 is 5.97 Å². The van der Waals surface area contributed by atoms with Crippen LogP contribution in [0.15, 0.2) is 24.5 Å². The van der Waals surface area contributed by atoms with Crippen molar-refractivity contribution in [3.63, 3.8) is 0 Å². The molecule has 0 atom stereocenters. The van der Waals surface area contributed by atoms with E-state index in [-0.39, 0.29) is 5.97 Å². The Morgan fingerprint density at radius 3 is 2.79 bits per heavy atom. The summed E-state index contributed by atoms with van der Waals surface area (Å²) < 4.78 is 6.58. The highest BCUT2D eigenvalue weighted by molar-refractivity contribution is 5.69. The van der Waals surface area contributed by atoms with Crippen LogP contribution in [0.3, 0.4) is 0 Å². The van der Waals surface area contributed by atoms with Gasteiger partial charge in [0.2, 0.25) is 0 Å². The van der Waals surface area contributed by atoms with Crippen molar-refractivity contribution in [2.45, 2.75) is 19.8 Å².